The molecule has 0 atom stereocenters. The number of H-pyrrole nitrogens is 1. The molecule has 4 rings (SSSR count). The lowest BCUT2D eigenvalue weighted by Crippen LogP contribution is -2.61. The van der Waals surface area contributed by atoms with E-state index in [0.29, 0.717) is 18.7 Å². The Balaban J connectivity index is 1.49. The molecule has 8 heteroatoms. The lowest BCUT2D eigenvalue weighted by atomic mass is 10.0. The number of carbonyl (C=O) groups excluding carboxylic acids is 1. The Labute approximate surface area is 157 Å². The van der Waals surface area contributed by atoms with Crippen LogP contribution in [0.4, 0.5) is 0 Å². The highest BCUT2D eigenvalue weighted by Crippen LogP contribution is 2.25. The molecule has 1 aromatic carbocycles. The van der Waals surface area contributed by atoms with Gasteiger partial charge in [-0.05, 0) is 29.8 Å². The van der Waals surface area contributed by atoms with Crippen LogP contribution >= 0.6 is 0 Å². The smallest absolute Gasteiger partial charge is 0.254 e. The van der Waals surface area contributed by atoms with Crippen molar-refractivity contribution in [2.24, 2.45) is 0 Å². The maximum absolute atomic E-state index is 12.8. The van der Waals surface area contributed by atoms with Gasteiger partial charge in [0, 0.05) is 54.7 Å². The molecule has 0 unspecified atom stereocenters. The van der Waals surface area contributed by atoms with Gasteiger partial charge in [-0.25, -0.2) is 8.42 Å². The van der Waals surface area contributed by atoms with Crippen LogP contribution in [-0.2, 0) is 16.6 Å². The standard InChI is InChI=1S/C19H20N4O3S/c1-27(25,26)23(11-14-4-3-8-20-10-14)15-12-22(13-15)19(24)17-5-2-6-18-16(17)7-9-21-18/h2-10,15,21H,11-13H2,1H3. The fourth-order valence-electron chi connectivity index (χ4n) is 3.43. The van der Waals surface area contributed by atoms with E-state index in [2.05, 4.69) is 9.97 Å². The van der Waals surface area contributed by atoms with E-state index in [1.54, 1.807) is 35.6 Å². The first-order valence-corrected chi connectivity index (χ1v) is 10.5. The summed E-state index contributed by atoms with van der Waals surface area (Å²) in [5.74, 6) is -0.0775. The summed E-state index contributed by atoms with van der Waals surface area (Å²) in [7, 11) is -3.40. The third-order valence-corrected chi connectivity index (χ3v) is 6.15. The Morgan fingerprint density at radius 2 is 2.07 bits per heavy atom. The number of amides is 1. The molecule has 1 saturated heterocycles. The van der Waals surface area contributed by atoms with Gasteiger partial charge in [0.25, 0.3) is 5.91 Å². The van der Waals surface area contributed by atoms with Crippen molar-refractivity contribution in [1.29, 1.82) is 0 Å². The minimum absolute atomic E-state index is 0.0775. The van der Waals surface area contributed by atoms with Gasteiger partial charge in [-0.15, -0.1) is 0 Å². The number of nitrogens with one attached hydrogen (secondary N) is 1. The van der Waals surface area contributed by atoms with Crippen LogP contribution in [0, 0.1) is 0 Å². The summed E-state index contributed by atoms with van der Waals surface area (Å²) in [6.07, 6.45) is 6.32. The molecule has 1 fully saturated rings. The summed E-state index contributed by atoms with van der Waals surface area (Å²) in [5.41, 5.74) is 2.36. The van der Waals surface area contributed by atoms with E-state index in [-0.39, 0.29) is 18.5 Å². The van der Waals surface area contributed by atoms with Gasteiger partial charge in [0.1, 0.15) is 0 Å². The monoisotopic (exact) mass is 384 g/mol. The number of nitrogens with zero attached hydrogens (tertiary/aromatic N) is 3. The van der Waals surface area contributed by atoms with Crippen molar-refractivity contribution in [3.8, 4) is 0 Å². The molecule has 1 N–H and O–H groups in total. The second kappa shape index (κ2) is 6.79. The fourth-order valence-corrected chi connectivity index (χ4v) is 4.49. The second-order valence-electron chi connectivity index (χ2n) is 6.78. The Morgan fingerprint density at radius 3 is 2.78 bits per heavy atom. The summed E-state index contributed by atoms with van der Waals surface area (Å²) in [5, 5.41) is 0.876. The van der Waals surface area contributed by atoms with E-state index in [0.717, 1.165) is 16.5 Å². The molecule has 7 nitrogen and oxygen atoms in total. The zero-order chi connectivity index (χ0) is 19.0. The summed E-state index contributed by atoms with van der Waals surface area (Å²) in [6.45, 7) is 1.02. The largest absolute Gasteiger partial charge is 0.361 e. The molecule has 2 aromatic heterocycles. The molecule has 3 aromatic rings. The Kier molecular flexibility index (Phi) is 4.45. The third-order valence-electron chi connectivity index (χ3n) is 4.87. The van der Waals surface area contributed by atoms with Gasteiger partial charge in [-0.2, -0.15) is 4.31 Å². The number of aromatic amines is 1. The van der Waals surface area contributed by atoms with Crippen LogP contribution in [0.15, 0.2) is 55.0 Å². The summed E-state index contributed by atoms with van der Waals surface area (Å²) in [4.78, 5) is 21.7. The summed E-state index contributed by atoms with van der Waals surface area (Å²) >= 11 is 0. The molecule has 1 aliphatic heterocycles. The summed E-state index contributed by atoms with van der Waals surface area (Å²) in [6, 6.07) is 10.8. The number of fused-ring (bicyclic) bond motifs is 1. The molecule has 1 amide bonds. The van der Waals surface area contributed by atoms with Crippen molar-refractivity contribution in [1.82, 2.24) is 19.2 Å². The van der Waals surface area contributed by atoms with Crippen LogP contribution < -0.4 is 0 Å². The van der Waals surface area contributed by atoms with E-state index < -0.39 is 10.0 Å². The van der Waals surface area contributed by atoms with Crippen LogP contribution in [0.25, 0.3) is 10.9 Å². The molecular weight excluding hydrogens is 364 g/mol. The molecule has 0 spiro atoms. The number of rotatable bonds is 5. The zero-order valence-corrected chi connectivity index (χ0v) is 15.7. The van der Waals surface area contributed by atoms with E-state index >= 15 is 0 Å². The molecule has 0 aliphatic carbocycles. The predicted molar refractivity (Wildman–Crippen MR) is 103 cm³/mol. The number of aromatic nitrogens is 2. The third kappa shape index (κ3) is 3.45. The molecule has 140 valence electrons. The quantitative estimate of drug-likeness (QED) is 0.727. The normalized spacial score (nSPS) is 15.3. The van der Waals surface area contributed by atoms with Crippen molar-refractivity contribution in [2.45, 2.75) is 12.6 Å². The van der Waals surface area contributed by atoms with Crippen LogP contribution in [0.2, 0.25) is 0 Å². The molecule has 1 aliphatic rings. The van der Waals surface area contributed by atoms with E-state index in [9.17, 15) is 13.2 Å². The fraction of sp³-hybridized carbons (Fsp3) is 0.263. The van der Waals surface area contributed by atoms with Crippen molar-refractivity contribution in [2.75, 3.05) is 19.3 Å². The number of hydrogen-bond donors (Lipinski definition) is 1. The summed E-state index contributed by atoms with van der Waals surface area (Å²) < 4.78 is 26.0. The second-order valence-corrected chi connectivity index (χ2v) is 8.71. The van der Waals surface area contributed by atoms with Crippen molar-refractivity contribution in [3.63, 3.8) is 0 Å². The van der Waals surface area contributed by atoms with Crippen molar-refractivity contribution >= 4 is 26.8 Å². The first-order valence-electron chi connectivity index (χ1n) is 8.64. The highest BCUT2D eigenvalue weighted by atomic mass is 32.2. The van der Waals surface area contributed by atoms with E-state index in [1.165, 1.54) is 10.6 Å². The van der Waals surface area contributed by atoms with Gasteiger partial charge >= 0.3 is 0 Å². The topological polar surface area (TPSA) is 86.4 Å². The Hall–Kier alpha value is -2.71. The Bertz CT molecular complexity index is 1070. The van der Waals surface area contributed by atoms with Gasteiger partial charge in [-0.1, -0.05) is 12.1 Å². The molecule has 0 radical (unpaired) electrons. The van der Waals surface area contributed by atoms with E-state index in [4.69, 9.17) is 0 Å². The average Bonchev–Trinajstić information content (AvgIpc) is 3.08. The van der Waals surface area contributed by atoms with Crippen molar-refractivity contribution in [3.05, 3.63) is 66.1 Å². The number of sulfonamides is 1. The number of likely N-dealkylation sites (tertiary alicyclic amines) is 1. The maximum atomic E-state index is 12.8. The molecule has 27 heavy (non-hydrogen) atoms. The lowest BCUT2D eigenvalue weighted by Gasteiger charge is -2.44. The first-order chi connectivity index (χ1) is 12.9. The molecule has 0 bridgehead atoms. The maximum Gasteiger partial charge on any atom is 0.254 e. The van der Waals surface area contributed by atoms with Crippen LogP contribution in [0.5, 0.6) is 0 Å². The number of carbonyl (C=O) groups is 1. The van der Waals surface area contributed by atoms with Gasteiger partial charge in [0.15, 0.2) is 0 Å². The number of pyridine rings is 1. The molecule has 0 saturated carbocycles. The SMILES string of the molecule is CS(=O)(=O)N(Cc1cccnc1)C1CN(C(=O)c2cccc3[nH]ccc23)C1. The van der Waals surface area contributed by atoms with Crippen LogP contribution in [0.1, 0.15) is 15.9 Å². The van der Waals surface area contributed by atoms with E-state index in [1.807, 2.05) is 24.3 Å². The average molecular weight is 384 g/mol. The number of benzene rings is 1. The predicted octanol–water partition coefficient (Wildman–Crippen LogP) is 1.85. The van der Waals surface area contributed by atoms with Gasteiger partial charge < -0.3 is 9.88 Å². The Morgan fingerprint density at radius 1 is 1.26 bits per heavy atom. The van der Waals surface area contributed by atoms with Crippen LogP contribution in [-0.4, -0.2) is 58.9 Å². The van der Waals surface area contributed by atoms with Crippen molar-refractivity contribution < 1.29 is 13.2 Å². The zero-order valence-electron chi connectivity index (χ0n) is 14.9. The minimum atomic E-state index is -3.40. The molecule has 3 heterocycles. The minimum Gasteiger partial charge on any atom is -0.361 e. The highest BCUT2D eigenvalue weighted by Gasteiger charge is 2.39. The molecular formula is C19H20N4O3S. The highest BCUT2D eigenvalue weighted by molar-refractivity contribution is 7.88. The van der Waals surface area contributed by atoms with Gasteiger partial charge in [0.05, 0.1) is 12.3 Å². The first kappa shape index (κ1) is 17.7. The van der Waals surface area contributed by atoms with Gasteiger partial charge in [0.2, 0.25) is 10.0 Å². The lowest BCUT2D eigenvalue weighted by molar-refractivity contribution is 0.0445. The van der Waals surface area contributed by atoms with Gasteiger partial charge in [-0.3, -0.25) is 9.78 Å². The number of hydrogen-bond acceptors (Lipinski definition) is 4. The van der Waals surface area contributed by atoms with Crippen LogP contribution in [0.3, 0.4) is 0 Å².